The molecule has 1 heterocycles. The van der Waals surface area contributed by atoms with Crippen molar-refractivity contribution in [2.45, 2.75) is 55.5 Å². The highest BCUT2D eigenvalue weighted by Crippen LogP contribution is 2.29. The zero-order chi connectivity index (χ0) is 22.6. The van der Waals surface area contributed by atoms with Gasteiger partial charge in [0.15, 0.2) is 16.4 Å². The zero-order valence-electron chi connectivity index (χ0n) is 17.3. The molecule has 0 N–H and O–H groups in total. The van der Waals surface area contributed by atoms with Crippen LogP contribution in [0.3, 0.4) is 0 Å². The van der Waals surface area contributed by atoms with E-state index in [-0.39, 0.29) is 28.8 Å². The number of nitrogens with zero attached hydrogens (tertiary/aromatic N) is 2. The Kier molecular flexibility index (Phi) is 7.58. The van der Waals surface area contributed by atoms with Gasteiger partial charge in [-0.3, -0.25) is 14.9 Å². The molecule has 1 amide bonds. The van der Waals surface area contributed by atoms with Crippen LogP contribution in [0, 0.1) is 10.1 Å². The SMILES string of the molecule is CSc1ccc([N+](=O)[O-])c(C(=O)OCC(=O)N(C2CCCCC2)C2CCS(=O)(=O)C2)c1. The van der Waals surface area contributed by atoms with E-state index in [1.54, 1.807) is 11.2 Å². The first-order valence-electron chi connectivity index (χ1n) is 10.2. The van der Waals surface area contributed by atoms with E-state index in [2.05, 4.69) is 0 Å². The molecule has 1 aliphatic carbocycles. The third kappa shape index (κ3) is 5.76. The number of amides is 1. The van der Waals surface area contributed by atoms with Crippen molar-refractivity contribution in [2.75, 3.05) is 24.4 Å². The summed E-state index contributed by atoms with van der Waals surface area (Å²) in [5.41, 5.74) is -0.599. The smallest absolute Gasteiger partial charge is 0.345 e. The van der Waals surface area contributed by atoms with E-state index in [1.807, 2.05) is 0 Å². The summed E-state index contributed by atoms with van der Waals surface area (Å²) < 4.78 is 29.1. The summed E-state index contributed by atoms with van der Waals surface area (Å²) in [5.74, 6) is -1.43. The van der Waals surface area contributed by atoms with Gasteiger partial charge in [-0.05, 0) is 37.7 Å². The molecule has 1 unspecified atom stereocenters. The van der Waals surface area contributed by atoms with Gasteiger partial charge < -0.3 is 9.64 Å². The summed E-state index contributed by atoms with van der Waals surface area (Å²) >= 11 is 1.32. The van der Waals surface area contributed by atoms with Gasteiger partial charge >= 0.3 is 5.97 Å². The van der Waals surface area contributed by atoms with Crippen LogP contribution in [0.1, 0.15) is 48.9 Å². The number of esters is 1. The molecule has 2 fully saturated rings. The summed E-state index contributed by atoms with van der Waals surface area (Å²) in [4.78, 5) is 38.5. The molecular formula is C20H26N2O7S2. The van der Waals surface area contributed by atoms with Crippen LogP contribution in [-0.4, -0.2) is 66.6 Å². The molecule has 11 heteroatoms. The molecule has 1 atom stereocenters. The molecule has 0 radical (unpaired) electrons. The second kappa shape index (κ2) is 9.99. The van der Waals surface area contributed by atoms with Gasteiger partial charge in [0, 0.05) is 23.0 Å². The van der Waals surface area contributed by atoms with Crippen molar-refractivity contribution >= 4 is 39.2 Å². The van der Waals surface area contributed by atoms with Gasteiger partial charge in [0.2, 0.25) is 0 Å². The monoisotopic (exact) mass is 470 g/mol. The molecule has 3 rings (SSSR count). The van der Waals surface area contributed by atoms with Crippen molar-refractivity contribution < 1.29 is 27.7 Å². The summed E-state index contributed by atoms with van der Waals surface area (Å²) in [6, 6.07) is 3.65. The minimum atomic E-state index is -3.19. The highest BCUT2D eigenvalue weighted by Gasteiger charge is 2.39. The number of nitro groups is 1. The number of hydrogen-bond donors (Lipinski definition) is 0. The van der Waals surface area contributed by atoms with E-state index < -0.39 is 39.3 Å². The maximum atomic E-state index is 13.0. The number of hydrogen-bond acceptors (Lipinski definition) is 8. The molecule has 9 nitrogen and oxygen atoms in total. The lowest BCUT2D eigenvalue weighted by Crippen LogP contribution is -2.50. The fraction of sp³-hybridized carbons (Fsp3) is 0.600. The summed E-state index contributed by atoms with van der Waals surface area (Å²) in [7, 11) is -3.19. The standard InChI is InChI=1S/C20H26N2O7S2/c1-30-16-7-8-18(22(25)26)17(11-16)20(24)29-12-19(23)21(14-5-3-2-4-6-14)15-9-10-31(27,28)13-15/h7-8,11,14-15H,2-6,9-10,12-13H2,1H3. The minimum Gasteiger partial charge on any atom is -0.452 e. The third-order valence-corrected chi connectivity index (χ3v) is 8.28. The Morgan fingerprint density at radius 2 is 1.90 bits per heavy atom. The lowest BCUT2D eigenvalue weighted by Gasteiger charge is -2.38. The Morgan fingerprint density at radius 1 is 1.19 bits per heavy atom. The molecule has 2 aliphatic rings. The van der Waals surface area contributed by atoms with E-state index in [9.17, 15) is 28.1 Å². The topological polar surface area (TPSA) is 124 Å². The molecule has 31 heavy (non-hydrogen) atoms. The van der Waals surface area contributed by atoms with E-state index >= 15 is 0 Å². The van der Waals surface area contributed by atoms with Gasteiger partial charge in [-0.25, -0.2) is 13.2 Å². The Morgan fingerprint density at radius 3 is 2.48 bits per heavy atom. The lowest BCUT2D eigenvalue weighted by atomic mass is 9.93. The van der Waals surface area contributed by atoms with Crippen molar-refractivity contribution in [3.8, 4) is 0 Å². The highest BCUT2D eigenvalue weighted by molar-refractivity contribution is 7.98. The number of rotatable bonds is 7. The van der Waals surface area contributed by atoms with Crippen LogP contribution in [0.25, 0.3) is 0 Å². The van der Waals surface area contributed by atoms with Crippen molar-refractivity contribution in [2.24, 2.45) is 0 Å². The molecule has 0 bridgehead atoms. The second-order valence-electron chi connectivity index (χ2n) is 7.87. The summed E-state index contributed by atoms with van der Waals surface area (Å²) in [6.45, 7) is -0.577. The number of sulfone groups is 1. The van der Waals surface area contributed by atoms with Crippen LogP contribution < -0.4 is 0 Å². The number of carbonyl (C=O) groups is 2. The zero-order valence-corrected chi connectivity index (χ0v) is 19.0. The van der Waals surface area contributed by atoms with E-state index in [0.717, 1.165) is 32.1 Å². The van der Waals surface area contributed by atoms with Crippen LogP contribution in [-0.2, 0) is 19.4 Å². The fourth-order valence-corrected chi connectivity index (χ4v) is 6.45. The molecule has 1 aromatic rings. The molecule has 0 aromatic heterocycles. The van der Waals surface area contributed by atoms with Crippen LogP contribution in [0.15, 0.2) is 23.1 Å². The van der Waals surface area contributed by atoms with Gasteiger partial charge in [0.25, 0.3) is 11.6 Å². The van der Waals surface area contributed by atoms with Gasteiger partial charge in [-0.2, -0.15) is 0 Å². The Bertz CT molecular complexity index is 958. The average molecular weight is 471 g/mol. The molecule has 1 aromatic carbocycles. The predicted octanol–water partition coefficient (Wildman–Crippen LogP) is 2.82. The molecular weight excluding hydrogens is 444 g/mol. The van der Waals surface area contributed by atoms with Crippen molar-refractivity contribution in [3.63, 3.8) is 0 Å². The van der Waals surface area contributed by atoms with E-state index in [0.29, 0.717) is 11.3 Å². The van der Waals surface area contributed by atoms with Gasteiger partial charge in [0.05, 0.1) is 16.4 Å². The van der Waals surface area contributed by atoms with Crippen LogP contribution >= 0.6 is 11.8 Å². The number of nitro benzene ring substituents is 1. The quantitative estimate of drug-likeness (QED) is 0.258. The van der Waals surface area contributed by atoms with E-state index in [4.69, 9.17) is 4.74 Å². The largest absolute Gasteiger partial charge is 0.452 e. The predicted molar refractivity (Wildman–Crippen MR) is 116 cm³/mol. The maximum Gasteiger partial charge on any atom is 0.345 e. The normalized spacial score (nSPS) is 20.9. The van der Waals surface area contributed by atoms with Crippen molar-refractivity contribution in [1.29, 1.82) is 0 Å². The van der Waals surface area contributed by atoms with Crippen molar-refractivity contribution in [3.05, 3.63) is 33.9 Å². The third-order valence-electron chi connectivity index (χ3n) is 5.80. The molecule has 1 aliphatic heterocycles. The lowest BCUT2D eigenvalue weighted by molar-refractivity contribution is -0.385. The minimum absolute atomic E-state index is 0.0433. The maximum absolute atomic E-state index is 13.0. The summed E-state index contributed by atoms with van der Waals surface area (Å²) in [6.07, 6.45) is 6.72. The second-order valence-corrected chi connectivity index (χ2v) is 11.0. The van der Waals surface area contributed by atoms with Gasteiger partial charge in [0.1, 0.15) is 5.56 Å². The number of carbonyl (C=O) groups excluding carboxylic acids is 2. The Hall–Kier alpha value is -2.14. The molecule has 0 spiro atoms. The number of benzene rings is 1. The summed E-state index contributed by atoms with van der Waals surface area (Å²) in [5, 5.41) is 11.3. The van der Waals surface area contributed by atoms with E-state index in [1.165, 1.54) is 30.0 Å². The first-order valence-corrected chi connectivity index (χ1v) is 13.3. The van der Waals surface area contributed by atoms with Crippen LogP contribution in [0.2, 0.25) is 0 Å². The average Bonchev–Trinajstić information content (AvgIpc) is 3.11. The number of thioether (sulfide) groups is 1. The number of ether oxygens (including phenoxy) is 1. The van der Waals surface area contributed by atoms with Crippen LogP contribution in [0.5, 0.6) is 0 Å². The fourth-order valence-electron chi connectivity index (χ4n) is 4.30. The molecule has 1 saturated carbocycles. The first-order chi connectivity index (χ1) is 14.7. The molecule has 1 saturated heterocycles. The van der Waals surface area contributed by atoms with Gasteiger partial charge in [-0.15, -0.1) is 11.8 Å². The van der Waals surface area contributed by atoms with Gasteiger partial charge in [-0.1, -0.05) is 19.3 Å². The highest BCUT2D eigenvalue weighted by atomic mass is 32.2. The molecule has 170 valence electrons. The van der Waals surface area contributed by atoms with Crippen LogP contribution in [0.4, 0.5) is 5.69 Å². The van der Waals surface area contributed by atoms with Crippen molar-refractivity contribution in [1.82, 2.24) is 4.90 Å². The first kappa shape index (κ1) is 23.5. The Balaban J connectivity index is 1.75. The Labute approximate surface area is 185 Å².